The van der Waals surface area contributed by atoms with E-state index in [1.165, 1.54) is 11.6 Å². The molecule has 0 spiro atoms. The molecule has 2 nitrogen and oxygen atoms in total. The molecule has 0 aromatic heterocycles. The van der Waals surface area contributed by atoms with Gasteiger partial charge in [-0.25, -0.2) is 4.79 Å². The van der Waals surface area contributed by atoms with Crippen molar-refractivity contribution in [1.29, 1.82) is 0 Å². The van der Waals surface area contributed by atoms with E-state index in [0.29, 0.717) is 5.02 Å². The second kappa shape index (κ2) is 5.29. The third-order valence-electron chi connectivity index (χ3n) is 3.23. The topological polar surface area (TPSA) is 37.3 Å². The first-order valence-electron chi connectivity index (χ1n) is 6.42. The molecular formula is C17H17ClO2. The fourth-order valence-electron chi connectivity index (χ4n) is 2.04. The molecule has 0 aliphatic heterocycles. The van der Waals surface area contributed by atoms with Crippen molar-refractivity contribution in [2.45, 2.75) is 26.2 Å². The number of rotatable bonds is 2. The van der Waals surface area contributed by atoms with Crippen molar-refractivity contribution in [3.8, 4) is 11.1 Å². The summed E-state index contributed by atoms with van der Waals surface area (Å²) in [5, 5.41) is 9.50. The highest BCUT2D eigenvalue weighted by molar-refractivity contribution is 6.31. The molecule has 1 N–H and O–H groups in total. The Bertz CT molecular complexity index is 637. The maximum atomic E-state index is 11.1. The molecule has 2 aromatic rings. The molecule has 0 saturated heterocycles. The van der Waals surface area contributed by atoms with Crippen LogP contribution in [0.25, 0.3) is 11.1 Å². The Morgan fingerprint density at radius 3 is 2.10 bits per heavy atom. The Kier molecular flexibility index (Phi) is 3.87. The standard InChI is InChI=1S/C17H17ClO2/c1-17(2,3)14-6-4-11(5-7-14)12-8-13(16(19)20)10-15(18)9-12/h4-10H,1-3H3,(H,19,20). The molecule has 0 fully saturated rings. The number of hydrogen-bond acceptors (Lipinski definition) is 1. The average molecular weight is 289 g/mol. The molecule has 0 aliphatic rings. The molecule has 104 valence electrons. The zero-order valence-electron chi connectivity index (χ0n) is 11.8. The van der Waals surface area contributed by atoms with Crippen LogP contribution in [-0.4, -0.2) is 11.1 Å². The third-order valence-corrected chi connectivity index (χ3v) is 3.45. The Labute approximate surface area is 124 Å². The molecule has 0 bridgehead atoms. The number of halogens is 1. The van der Waals surface area contributed by atoms with Crippen LogP contribution in [-0.2, 0) is 5.41 Å². The molecule has 3 heteroatoms. The van der Waals surface area contributed by atoms with E-state index in [-0.39, 0.29) is 11.0 Å². The highest BCUT2D eigenvalue weighted by Gasteiger charge is 2.13. The van der Waals surface area contributed by atoms with Crippen LogP contribution in [0, 0.1) is 0 Å². The number of benzene rings is 2. The van der Waals surface area contributed by atoms with Crippen LogP contribution in [0.2, 0.25) is 5.02 Å². The predicted molar refractivity (Wildman–Crippen MR) is 82.5 cm³/mol. The van der Waals surface area contributed by atoms with Crippen LogP contribution < -0.4 is 0 Å². The lowest BCUT2D eigenvalue weighted by atomic mass is 9.86. The minimum atomic E-state index is -0.972. The number of carboxylic acid groups (broad SMARTS) is 1. The summed E-state index contributed by atoms with van der Waals surface area (Å²) in [7, 11) is 0. The van der Waals surface area contributed by atoms with E-state index in [1.54, 1.807) is 12.1 Å². The van der Waals surface area contributed by atoms with Crippen LogP contribution >= 0.6 is 11.6 Å². The molecule has 0 aliphatic carbocycles. The van der Waals surface area contributed by atoms with Gasteiger partial charge in [0.2, 0.25) is 0 Å². The first kappa shape index (κ1) is 14.6. The quantitative estimate of drug-likeness (QED) is 0.844. The molecule has 0 saturated carbocycles. The summed E-state index contributed by atoms with van der Waals surface area (Å²) >= 11 is 5.98. The number of hydrogen-bond donors (Lipinski definition) is 1. The largest absolute Gasteiger partial charge is 0.478 e. The van der Waals surface area contributed by atoms with E-state index in [2.05, 4.69) is 32.9 Å². The average Bonchev–Trinajstić information content (AvgIpc) is 2.37. The molecular weight excluding hydrogens is 272 g/mol. The Morgan fingerprint density at radius 1 is 1.00 bits per heavy atom. The lowest BCUT2D eigenvalue weighted by molar-refractivity contribution is 0.0697. The summed E-state index contributed by atoms with van der Waals surface area (Å²) in [6, 6.07) is 13.0. The molecule has 0 unspecified atom stereocenters. The second-order valence-electron chi connectivity index (χ2n) is 5.86. The van der Waals surface area contributed by atoms with Crippen molar-refractivity contribution >= 4 is 17.6 Å². The Balaban J connectivity index is 2.44. The summed E-state index contributed by atoms with van der Waals surface area (Å²) in [5.41, 5.74) is 3.31. The van der Waals surface area contributed by atoms with Gasteiger partial charge in [-0.3, -0.25) is 0 Å². The molecule has 0 atom stereocenters. The van der Waals surface area contributed by atoms with Crippen molar-refractivity contribution in [3.05, 3.63) is 58.6 Å². The second-order valence-corrected chi connectivity index (χ2v) is 6.30. The first-order chi connectivity index (χ1) is 9.27. The maximum absolute atomic E-state index is 11.1. The minimum Gasteiger partial charge on any atom is -0.478 e. The monoisotopic (exact) mass is 288 g/mol. The van der Waals surface area contributed by atoms with E-state index in [4.69, 9.17) is 16.7 Å². The lowest BCUT2D eigenvalue weighted by Gasteiger charge is -2.19. The van der Waals surface area contributed by atoms with Crippen LogP contribution in [0.1, 0.15) is 36.7 Å². The van der Waals surface area contributed by atoms with Gasteiger partial charge in [0.25, 0.3) is 0 Å². The van der Waals surface area contributed by atoms with Gasteiger partial charge in [-0.15, -0.1) is 0 Å². The number of carboxylic acids is 1. The van der Waals surface area contributed by atoms with Crippen molar-refractivity contribution in [2.75, 3.05) is 0 Å². The van der Waals surface area contributed by atoms with E-state index in [1.807, 2.05) is 12.1 Å². The van der Waals surface area contributed by atoms with Crippen molar-refractivity contribution in [3.63, 3.8) is 0 Å². The van der Waals surface area contributed by atoms with Crippen LogP contribution in [0.15, 0.2) is 42.5 Å². The zero-order chi connectivity index (χ0) is 14.9. The van der Waals surface area contributed by atoms with Gasteiger partial charge in [0, 0.05) is 5.02 Å². The van der Waals surface area contributed by atoms with E-state index < -0.39 is 5.97 Å². The molecule has 2 aromatic carbocycles. The minimum absolute atomic E-state index is 0.0963. The summed E-state index contributed by atoms with van der Waals surface area (Å²) in [6.07, 6.45) is 0. The predicted octanol–water partition coefficient (Wildman–Crippen LogP) is 5.00. The molecule has 20 heavy (non-hydrogen) atoms. The van der Waals surface area contributed by atoms with Crippen LogP contribution in [0.3, 0.4) is 0 Å². The molecule has 0 heterocycles. The summed E-state index contributed by atoms with van der Waals surface area (Å²) in [6.45, 7) is 6.47. The lowest BCUT2D eigenvalue weighted by Crippen LogP contribution is -2.10. The smallest absolute Gasteiger partial charge is 0.335 e. The highest BCUT2D eigenvalue weighted by Crippen LogP contribution is 2.28. The van der Waals surface area contributed by atoms with Crippen molar-refractivity contribution in [1.82, 2.24) is 0 Å². The fraction of sp³-hybridized carbons (Fsp3) is 0.235. The van der Waals surface area contributed by atoms with Gasteiger partial charge in [0.1, 0.15) is 0 Å². The van der Waals surface area contributed by atoms with Gasteiger partial charge in [-0.05, 0) is 40.3 Å². The van der Waals surface area contributed by atoms with Gasteiger partial charge in [-0.1, -0.05) is 56.6 Å². The molecule has 0 amide bonds. The first-order valence-corrected chi connectivity index (χ1v) is 6.80. The van der Waals surface area contributed by atoms with Gasteiger partial charge < -0.3 is 5.11 Å². The number of carbonyl (C=O) groups is 1. The highest BCUT2D eigenvalue weighted by atomic mass is 35.5. The maximum Gasteiger partial charge on any atom is 0.335 e. The third kappa shape index (κ3) is 3.20. The molecule has 0 radical (unpaired) electrons. The molecule has 2 rings (SSSR count). The van der Waals surface area contributed by atoms with Crippen LogP contribution in [0.4, 0.5) is 0 Å². The zero-order valence-corrected chi connectivity index (χ0v) is 12.5. The summed E-state index contributed by atoms with van der Waals surface area (Å²) in [4.78, 5) is 11.1. The normalized spacial score (nSPS) is 11.4. The number of aromatic carboxylic acids is 1. The Hall–Kier alpha value is -1.80. The van der Waals surface area contributed by atoms with E-state index >= 15 is 0 Å². The van der Waals surface area contributed by atoms with Crippen LogP contribution in [0.5, 0.6) is 0 Å². The Morgan fingerprint density at radius 2 is 1.60 bits per heavy atom. The SMILES string of the molecule is CC(C)(C)c1ccc(-c2cc(Cl)cc(C(=O)O)c2)cc1. The van der Waals surface area contributed by atoms with Crippen molar-refractivity contribution in [2.24, 2.45) is 0 Å². The van der Waals surface area contributed by atoms with Gasteiger partial charge in [0.15, 0.2) is 0 Å². The summed E-state index contributed by atoms with van der Waals surface area (Å²) < 4.78 is 0. The van der Waals surface area contributed by atoms with E-state index in [0.717, 1.165) is 11.1 Å². The van der Waals surface area contributed by atoms with Gasteiger partial charge in [0.05, 0.1) is 5.56 Å². The van der Waals surface area contributed by atoms with Gasteiger partial charge >= 0.3 is 5.97 Å². The van der Waals surface area contributed by atoms with Crippen molar-refractivity contribution < 1.29 is 9.90 Å². The summed E-state index contributed by atoms with van der Waals surface area (Å²) in [5.74, 6) is -0.972. The fourth-order valence-corrected chi connectivity index (χ4v) is 2.28. The van der Waals surface area contributed by atoms with E-state index in [9.17, 15) is 4.79 Å². The van der Waals surface area contributed by atoms with Gasteiger partial charge in [-0.2, -0.15) is 0 Å².